The molecule has 0 aliphatic rings. The molecule has 0 spiro atoms. The number of aryl methyl sites for hydroxylation is 1. The minimum atomic E-state index is -0.540. The minimum Gasteiger partial charge on any atom is -0.505 e. The average Bonchev–Trinajstić information content (AvgIpc) is 2.74. The molecule has 138 valence electrons. The smallest absolute Gasteiger partial charge is 0.270 e. The highest BCUT2D eigenvalue weighted by Crippen LogP contribution is 2.34. The van der Waals surface area contributed by atoms with Gasteiger partial charge in [0.1, 0.15) is 17.0 Å². The molecule has 2 N–H and O–H groups in total. The lowest BCUT2D eigenvalue weighted by molar-refractivity contribution is 0.0937. The van der Waals surface area contributed by atoms with Gasteiger partial charge in [0, 0.05) is 23.3 Å². The number of fused-ring (bicyclic) bond motifs is 1. The second kappa shape index (κ2) is 7.48. The number of rotatable bonds is 4. The Balaban J connectivity index is 1.80. The molecule has 0 radical (unpaired) electrons. The van der Waals surface area contributed by atoms with Crippen LogP contribution in [0.5, 0.6) is 5.75 Å². The summed E-state index contributed by atoms with van der Waals surface area (Å²) in [5, 5.41) is 14.7. The largest absolute Gasteiger partial charge is 0.505 e. The van der Waals surface area contributed by atoms with Gasteiger partial charge in [-0.3, -0.25) is 14.8 Å². The molecule has 1 amide bonds. The molecule has 4 aromatic rings. The van der Waals surface area contributed by atoms with Gasteiger partial charge in [-0.2, -0.15) is 0 Å². The number of hydrogen-bond acceptors (Lipinski definition) is 4. The maximum absolute atomic E-state index is 12.9. The first-order valence-corrected chi connectivity index (χ1v) is 8.99. The molecule has 0 fully saturated rings. The van der Waals surface area contributed by atoms with Crippen molar-refractivity contribution in [3.05, 3.63) is 102 Å². The van der Waals surface area contributed by atoms with Crippen LogP contribution < -0.4 is 5.32 Å². The van der Waals surface area contributed by atoms with E-state index >= 15 is 0 Å². The summed E-state index contributed by atoms with van der Waals surface area (Å²) in [6, 6.07) is 20.1. The molecular weight excluding hydrogens is 350 g/mol. The Labute approximate surface area is 162 Å². The quantitative estimate of drug-likeness (QED) is 0.566. The van der Waals surface area contributed by atoms with Crippen molar-refractivity contribution in [3.63, 3.8) is 0 Å². The monoisotopic (exact) mass is 369 g/mol. The zero-order chi connectivity index (χ0) is 19.5. The number of hydrogen-bond donors (Lipinski definition) is 2. The first-order valence-electron chi connectivity index (χ1n) is 8.99. The van der Waals surface area contributed by atoms with Crippen molar-refractivity contribution in [2.45, 2.75) is 13.0 Å². The highest BCUT2D eigenvalue weighted by molar-refractivity contribution is 5.94. The Bertz CT molecular complexity index is 1140. The van der Waals surface area contributed by atoms with Crippen molar-refractivity contribution in [1.29, 1.82) is 0 Å². The van der Waals surface area contributed by atoms with Crippen LogP contribution in [0.1, 0.15) is 33.2 Å². The zero-order valence-electron chi connectivity index (χ0n) is 15.3. The van der Waals surface area contributed by atoms with Gasteiger partial charge in [0.2, 0.25) is 0 Å². The van der Waals surface area contributed by atoms with E-state index in [1.165, 1.54) is 0 Å². The van der Waals surface area contributed by atoms with Crippen LogP contribution in [0.2, 0.25) is 0 Å². The van der Waals surface area contributed by atoms with Gasteiger partial charge in [-0.1, -0.05) is 54.6 Å². The lowest BCUT2D eigenvalue weighted by atomic mass is 9.96. The lowest BCUT2D eigenvalue weighted by Gasteiger charge is -2.21. The van der Waals surface area contributed by atoms with Gasteiger partial charge < -0.3 is 10.4 Å². The van der Waals surface area contributed by atoms with Crippen LogP contribution in [0.4, 0.5) is 0 Å². The number of nitrogens with one attached hydrogen (secondary N) is 1. The number of nitrogens with zero attached hydrogens (tertiary/aromatic N) is 2. The summed E-state index contributed by atoms with van der Waals surface area (Å²) in [4.78, 5) is 21.4. The van der Waals surface area contributed by atoms with E-state index < -0.39 is 6.04 Å². The molecule has 1 unspecified atom stereocenters. The van der Waals surface area contributed by atoms with Crippen molar-refractivity contribution in [3.8, 4) is 5.75 Å². The van der Waals surface area contributed by atoms with Gasteiger partial charge >= 0.3 is 0 Å². The summed E-state index contributed by atoms with van der Waals surface area (Å²) in [5.74, 6) is -0.238. The van der Waals surface area contributed by atoms with Gasteiger partial charge in [-0.15, -0.1) is 0 Å². The molecule has 5 nitrogen and oxygen atoms in total. The maximum atomic E-state index is 12.9. The van der Waals surface area contributed by atoms with Crippen molar-refractivity contribution in [1.82, 2.24) is 15.3 Å². The van der Waals surface area contributed by atoms with Crippen LogP contribution in [-0.2, 0) is 0 Å². The van der Waals surface area contributed by atoms with Crippen LogP contribution in [0.15, 0.2) is 79.1 Å². The summed E-state index contributed by atoms with van der Waals surface area (Å²) in [5.41, 5.74) is 3.09. The third-order valence-corrected chi connectivity index (χ3v) is 4.72. The second-order valence-corrected chi connectivity index (χ2v) is 6.56. The molecule has 1 atom stereocenters. The van der Waals surface area contributed by atoms with E-state index in [1.807, 2.05) is 67.6 Å². The predicted molar refractivity (Wildman–Crippen MR) is 108 cm³/mol. The van der Waals surface area contributed by atoms with Gasteiger partial charge in [-0.05, 0) is 30.2 Å². The standard InChI is InChI=1S/C23H19N3O2/c1-15-7-5-13-24-19(15)23(28)26-20(16-8-3-2-4-9-16)18-12-11-17-10-6-14-25-21(17)22(18)27/h2-14,20,27H,1H3,(H,26,28). The normalized spacial score (nSPS) is 11.9. The number of benzene rings is 2. The third kappa shape index (κ3) is 3.30. The van der Waals surface area contributed by atoms with E-state index in [0.717, 1.165) is 16.5 Å². The lowest BCUT2D eigenvalue weighted by Crippen LogP contribution is -2.30. The zero-order valence-corrected chi connectivity index (χ0v) is 15.3. The molecule has 0 bridgehead atoms. The molecule has 0 aliphatic heterocycles. The Kier molecular flexibility index (Phi) is 4.72. The molecule has 0 saturated carbocycles. The third-order valence-electron chi connectivity index (χ3n) is 4.72. The number of carbonyl (C=O) groups is 1. The van der Waals surface area contributed by atoms with Crippen molar-refractivity contribution in [2.24, 2.45) is 0 Å². The van der Waals surface area contributed by atoms with Crippen LogP contribution in [0.25, 0.3) is 10.9 Å². The highest BCUT2D eigenvalue weighted by atomic mass is 16.3. The molecule has 2 aromatic heterocycles. The summed E-state index contributed by atoms with van der Waals surface area (Å²) in [6.07, 6.45) is 3.23. The highest BCUT2D eigenvalue weighted by Gasteiger charge is 2.23. The molecule has 5 heteroatoms. The molecule has 0 aliphatic carbocycles. The van der Waals surface area contributed by atoms with Crippen LogP contribution in [0, 0.1) is 6.92 Å². The van der Waals surface area contributed by atoms with Gasteiger partial charge in [0.05, 0.1) is 6.04 Å². The van der Waals surface area contributed by atoms with E-state index in [2.05, 4.69) is 15.3 Å². The fourth-order valence-corrected chi connectivity index (χ4v) is 3.29. The van der Waals surface area contributed by atoms with E-state index in [4.69, 9.17) is 0 Å². The van der Waals surface area contributed by atoms with Gasteiger partial charge in [0.25, 0.3) is 5.91 Å². The first kappa shape index (κ1) is 17.7. The summed E-state index contributed by atoms with van der Waals surface area (Å²) >= 11 is 0. The van der Waals surface area contributed by atoms with E-state index in [1.54, 1.807) is 18.5 Å². The average molecular weight is 369 g/mol. The van der Waals surface area contributed by atoms with Gasteiger partial charge in [-0.25, -0.2) is 0 Å². The number of phenolic OH excluding ortho intramolecular Hbond substituents is 1. The number of aromatic nitrogens is 2. The Morgan fingerprint density at radius 2 is 1.68 bits per heavy atom. The minimum absolute atomic E-state index is 0.0602. The van der Waals surface area contributed by atoms with Crippen LogP contribution in [0.3, 0.4) is 0 Å². The molecule has 28 heavy (non-hydrogen) atoms. The molecule has 2 aromatic carbocycles. The van der Waals surface area contributed by atoms with Crippen molar-refractivity contribution in [2.75, 3.05) is 0 Å². The van der Waals surface area contributed by atoms with E-state index in [-0.39, 0.29) is 11.7 Å². The Morgan fingerprint density at radius 3 is 2.46 bits per heavy atom. The Hall–Kier alpha value is -3.73. The molecular formula is C23H19N3O2. The molecule has 2 heterocycles. The number of carbonyl (C=O) groups excluding carboxylic acids is 1. The second-order valence-electron chi connectivity index (χ2n) is 6.56. The van der Waals surface area contributed by atoms with E-state index in [9.17, 15) is 9.90 Å². The fourth-order valence-electron chi connectivity index (χ4n) is 3.29. The topological polar surface area (TPSA) is 75.1 Å². The molecule has 0 saturated heterocycles. The predicted octanol–water partition coefficient (Wildman–Crippen LogP) is 4.16. The summed E-state index contributed by atoms with van der Waals surface area (Å²) in [6.45, 7) is 1.84. The fraction of sp³-hybridized carbons (Fsp3) is 0.0870. The van der Waals surface area contributed by atoms with E-state index in [0.29, 0.717) is 16.8 Å². The summed E-state index contributed by atoms with van der Waals surface area (Å²) in [7, 11) is 0. The first-order chi connectivity index (χ1) is 13.6. The number of pyridine rings is 2. The van der Waals surface area contributed by atoms with Crippen molar-refractivity contribution < 1.29 is 9.90 Å². The maximum Gasteiger partial charge on any atom is 0.270 e. The number of phenols is 1. The SMILES string of the molecule is Cc1cccnc1C(=O)NC(c1ccccc1)c1ccc2cccnc2c1O. The van der Waals surface area contributed by atoms with Crippen molar-refractivity contribution >= 4 is 16.8 Å². The van der Waals surface area contributed by atoms with Gasteiger partial charge in [0.15, 0.2) is 0 Å². The van der Waals surface area contributed by atoms with Crippen LogP contribution >= 0.6 is 0 Å². The molecule has 4 rings (SSSR count). The number of amides is 1. The summed E-state index contributed by atoms with van der Waals surface area (Å²) < 4.78 is 0. The Morgan fingerprint density at radius 1 is 0.929 bits per heavy atom. The van der Waals surface area contributed by atoms with Crippen LogP contribution in [-0.4, -0.2) is 21.0 Å². The number of aromatic hydroxyl groups is 1.